The van der Waals surface area contributed by atoms with Gasteiger partial charge in [0, 0.05) is 0 Å². The Morgan fingerprint density at radius 3 is 1.55 bits per heavy atom. The van der Waals surface area contributed by atoms with E-state index in [9.17, 15) is 0 Å². The van der Waals surface area contributed by atoms with E-state index in [1.165, 1.54) is 22.5 Å². The van der Waals surface area contributed by atoms with Gasteiger partial charge in [0.15, 0.2) is 0 Å². The van der Waals surface area contributed by atoms with Gasteiger partial charge in [0.05, 0.1) is 0 Å². The topological polar surface area (TPSA) is 60.7 Å². The van der Waals surface area contributed by atoms with Crippen molar-refractivity contribution in [2.45, 2.75) is 0 Å². The zero-order valence-electron chi connectivity index (χ0n) is 5.88. The third-order valence-corrected chi connectivity index (χ3v) is 1.83. The van der Waals surface area contributed by atoms with Crippen molar-refractivity contribution in [3.63, 3.8) is 0 Å². The summed E-state index contributed by atoms with van der Waals surface area (Å²) in [7, 11) is -2.62. The number of hydrogen-bond donors (Lipinski definition) is 3. The predicted molar refractivity (Wildman–Crippen MR) is 39.7 cm³/mol. The molecule has 0 spiro atoms. The first-order valence-corrected chi connectivity index (χ1v) is 5.55. The molecule has 0 bridgehead atoms. The fourth-order valence-electron chi connectivity index (χ4n) is 0.478. The van der Waals surface area contributed by atoms with Gasteiger partial charge >= 0.3 is 61.4 Å². The summed E-state index contributed by atoms with van der Waals surface area (Å²) in [6.45, 7) is 0. The van der Waals surface area contributed by atoms with E-state index in [4.69, 9.17) is 14.7 Å². The van der Waals surface area contributed by atoms with E-state index in [0.29, 0.717) is 0 Å². The summed E-state index contributed by atoms with van der Waals surface area (Å²) in [5.41, 5.74) is 0. The van der Waals surface area contributed by atoms with E-state index in [1.54, 1.807) is 0 Å². The molecule has 0 radical (unpaired) electrons. The zero-order chi connectivity index (χ0) is 8.69. The summed E-state index contributed by atoms with van der Waals surface area (Å²) in [5.74, 6) is 0. The van der Waals surface area contributed by atoms with Crippen molar-refractivity contribution in [1.82, 2.24) is 0 Å². The molecule has 0 aromatic heterocycles. The Bertz CT molecular complexity index is 178. The van der Waals surface area contributed by atoms with Gasteiger partial charge in [0.2, 0.25) is 0 Å². The normalized spacial score (nSPS) is 8.91. The summed E-state index contributed by atoms with van der Waals surface area (Å²) in [6, 6.07) is 10.5. The van der Waals surface area contributed by atoms with Crippen LogP contribution in [0.15, 0.2) is 30.3 Å². The van der Waals surface area contributed by atoms with E-state index >= 15 is 0 Å². The van der Waals surface area contributed by atoms with Gasteiger partial charge in [-0.15, -0.1) is 0 Å². The van der Waals surface area contributed by atoms with Gasteiger partial charge in [-0.25, -0.2) is 0 Å². The fourth-order valence-corrected chi connectivity index (χ4v) is 1.05. The van der Waals surface area contributed by atoms with E-state index in [2.05, 4.69) is 24.3 Å². The Morgan fingerprint density at radius 2 is 1.36 bits per heavy atom. The number of rotatable bonds is 0. The molecule has 0 saturated carbocycles. The molecule has 0 aliphatic carbocycles. The SMILES string of the molecule is OP(O)O.[Zn][c]1ccccc1. The first-order valence-electron chi connectivity index (χ1n) is 2.86. The Balaban J connectivity index is 0.000000218. The van der Waals surface area contributed by atoms with Crippen molar-refractivity contribution in [2.75, 3.05) is 0 Å². The van der Waals surface area contributed by atoms with Crippen molar-refractivity contribution in [2.24, 2.45) is 0 Å². The van der Waals surface area contributed by atoms with Crippen molar-refractivity contribution in [3.8, 4) is 0 Å². The molecule has 5 heteroatoms. The molecular weight excluding hydrogens is 216 g/mol. The molecule has 0 saturated heterocycles. The summed E-state index contributed by atoms with van der Waals surface area (Å²) < 4.78 is 1.45. The van der Waals surface area contributed by atoms with Crippen LogP contribution in [0.4, 0.5) is 0 Å². The molecule has 0 unspecified atom stereocenters. The molecule has 0 amide bonds. The average Bonchev–Trinajstić information content (AvgIpc) is 1.87. The van der Waals surface area contributed by atoms with Crippen molar-refractivity contribution in [1.29, 1.82) is 0 Å². The molecule has 1 aromatic carbocycles. The third-order valence-electron chi connectivity index (χ3n) is 0.843. The van der Waals surface area contributed by atoms with Gasteiger partial charge < -0.3 is 14.7 Å². The van der Waals surface area contributed by atoms with Gasteiger partial charge in [-0.3, -0.25) is 0 Å². The van der Waals surface area contributed by atoms with Crippen LogP contribution < -0.4 is 4.16 Å². The van der Waals surface area contributed by atoms with Crippen LogP contribution in [-0.2, 0) is 18.3 Å². The van der Waals surface area contributed by atoms with Crippen LogP contribution >= 0.6 is 8.60 Å². The maximum atomic E-state index is 7.23. The monoisotopic (exact) mass is 223 g/mol. The molecule has 0 atom stereocenters. The standard InChI is InChI=1S/C6H5.H3O3P.Zn/c1-2-4-6-5-3-1;1-4(2)3;/h1-5H;1-3H;. The van der Waals surface area contributed by atoms with Gasteiger partial charge in [-0.1, -0.05) is 0 Å². The van der Waals surface area contributed by atoms with Crippen LogP contribution in [0.1, 0.15) is 0 Å². The molecule has 1 rings (SSSR count). The molecule has 11 heavy (non-hydrogen) atoms. The molecule has 3 N–H and O–H groups in total. The quantitative estimate of drug-likeness (QED) is 0.431. The summed E-state index contributed by atoms with van der Waals surface area (Å²) in [5, 5.41) is 0. The first kappa shape index (κ1) is 11.2. The molecule has 0 fully saturated rings. The minimum atomic E-state index is -2.62. The van der Waals surface area contributed by atoms with Gasteiger partial charge in [0.25, 0.3) is 0 Å². The Kier molecular flexibility index (Phi) is 6.93. The third kappa shape index (κ3) is 10.2. The molecule has 3 nitrogen and oxygen atoms in total. The van der Waals surface area contributed by atoms with Gasteiger partial charge in [0.1, 0.15) is 0 Å². The van der Waals surface area contributed by atoms with E-state index in [-0.39, 0.29) is 0 Å². The maximum absolute atomic E-state index is 7.23. The summed E-state index contributed by atoms with van der Waals surface area (Å²) in [4.78, 5) is 21.7. The van der Waals surface area contributed by atoms with Gasteiger partial charge in [-0.2, -0.15) is 0 Å². The van der Waals surface area contributed by atoms with Crippen LogP contribution in [0.25, 0.3) is 0 Å². The van der Waals surface area contributed by atoms with Crippen LogP contribution in [0, 0.1) is 0 Å². The zero-order valence-corrected chi connectivity index (χ0v) is 9.74. The van der Waals surface area contributed by atoms with Crippen LogP contribution in [0.5, 0.6) is 0 Å². The molecule has 0 heterocycles. The number of benzene rings is 1. The summed E-state index contributed by atoms with van der Waals surface area (Å²) >= 11 is 1.26. The Morgan fingerprint density at radius 1 is 1.00 bits per heavy atom. The second kappa shape index (κ2) is 6.84. The van der Waals surface area contributed by atoms with Crippen molar-refractivity contribution in [3.05, 3.63) is 30.3 Å². The summed E-state index contributed by atoms with van der Waals surface area (Å²) in [6.07, 6.45) is 0. The van der Waals surface area contributed by atoms with E-state index in [1.807, 2.05) is 6.07 Å². The Hall–Kier alpha value is 0.153. The fraction of sp³-hybridized carbons (Fsp3) is 0. The Labute approximate surface area is 76.4 Å². The van der Waals surface area contributed by atoms with Crippen LogP contribution in [0.2, 0.25) is 0 Å². The van der Waals surface area contributed by atoms with Crippen LogP contribution in [-0.4, -0.2) is 14.7 Å². The van der Waals surface area contributed by atoms with E-state index in [0.717, 1.165) is 0 Å². The number of hydrogen-bond acceptors (Lipinski definition) is 3. The molecule has 1 aromatic rings. The predicted octanol–water partition coefficient (Wildman–Crippen LogP) is 0.0489. The van der Waals surface area contributed by atoms with E-state index < -0.39 is 8.60 Å². The second-order valence-corrected chi connectivity index (χ2v) is 4.00. The molecule has 57 valence electrons. The van der Waals surface area contributed by atoms with Crippen molar-refractivity contribution < 1.29 is 33.0 Å². The second-order valence-electron chi connectivity index (χ2n) is 1.75. The minimum absolute atomic E-state index is 1.26. The van der Waals surface area contributed by atoms with Gasteiger partial charge in [-0.05, 0) is 0 Å². The molecule has 0 aliphatic heterocycles. The van der Waals surface area contributed by atoms with Crippen LogP contribution in [0.3, 0.4) is 0 Å². The molecular formula is C6H8O3PZn. The van der Waals surface area contributed by atoms with Crippen molar-refractivity contribution >= 4 is 12.8 Å². The average molecular weight is 224 g/mol. The molecule has 0 aliphatic rings. The first-order chi connectivity index (χ1) is 5.13.